The number of carbonyl (C=O) groups is 1. The molecule has 34 heavy (non-hydrogen) atoms. The van der Waals surface area contributed by atoms with Crippen molar-refractivity contribution in [3.63, 3.8) is 0 Å². The van der Waals surface area contributed by atoms with E-state index >= 15 is 0 Å². The van der Waals surface area contributed by atoms with Gasteiger partial charge in [0.25, 0.3) is 5.91 Å². The highest BCUT2D eigenvalue weighted by Gasteiger charge is 2.10. The number of nitrogens with one attached hydrogen (secondary N) is 1. The molecule has 0 saturated carbocycles. The average molecular weight is 455 g/mol. The molecule has 0 heterocycles. The molecule has 0 bridgehead atoms. The Bertz CT molecular complexity index is 1290. The number of hydrogen-bond acceptors (Lipinski definition) is 5. The zero-order valence-corrected chi connectivity index (χ0v) is 19.2. The molecular formula is C28H26N2O4. The van der Waals surface area contributed by atoms with E-state index in [0.29, 0.717) is 30.3 Å². The van der Waals surface area contributed by atoms with E-state index in [-0.39, 0.29) is 5.91 Å². The van der Waals surface area contributed by atoms with Crippen LogP contribution >= 0.6 is 0 Å². The fourth-order valence-electron chi connectivity index (χ4n) is 3.55. The molecule has 4 rings (SSSR count). The number of ether oxygens (including phenoxy) is 3. The number of methoxy groups -OCH3 is 1. The largest absolute Gasteiger partial charge is 0.493 e. The van der Waals surface area contributed by atoms with Gasteiger partial charge in [-0.25, -0.2) is 5.43 Å². The van der Waals surface area contributed by atoms with Crippen LogP contribution in [0.3, 0.4) is 0 Å². The lowest BCUT2D eigenvalue weighted by molar-refractivity contribution is 0.0954. The van der Waals surface area contributed by atoms with E-state index in [1.807, 2.05) is 49.4 Å². The molecule has 1 N–H and O–H groups in total. The standard InChI is InChI=1S/C28H26N2O4/c1-3-33-27-17-22(13-16-26(27)32-2)28(31)30-29-18-20-11-14-24(15-12-20)34-19-23-9-6-8-21-7-4-5-10-25(21)23/h4-18H,3,19H2,1-2H3,(H,30,31)/b29-18+. The molecule has 0 atom stereocenters. The first-order valence-electron chi connectivity index (χ1n) is 11.0. The van der Waals surface area contributed by atoms with Crippen LogP contribution in [0.2, 0.25) is 0 Å². The van der Waals surface area contributed by atoms with Crippen molar-refractivity contribution in [3.8, 4) is 17.2 Å². The maximum absolute atomic E-state index is 12.4. The fraction of sp³-hybridized carbons (Fsp3) is 0.143. The summed E-state index contributed by atoms with van der Waals surface area (Å²) >= 11 is 0. The second-order valence-corrected chi connectivity index (χ2v) is 7.49. The Hall–Kier alpha value is -4.32. The highest BCUT2D eigenvalue weighted by molar-refractivity contribution is 5.95. The number of hydrogen-bond donors (Lipinski definition) is 1. The minimum atomic E-state index is -0.338. The molecule has 6 heteroatoms. The van der Waals surface area contributed by atoms with E-state index in [1.54, 1.807) is 31.5 Å². The van der Waals surface area contributed by atoms with Gasteiger partial charge in [-0.2, -0.15) is 5.10 Å². The van der Waals surface area contributed by atoms with E-state index in [1.165, 1.54) is 10.8 Å². The van der Waals surface area contributed by atoms with Gasteiger partial charge in [-0.3, -0.25) is 4.79 Å². The van der Waals surface area contributed by atoms with Gasteiger partial charge >= 0.3 is 0 Å². The minimum Gasteiger partial charge on any atom is -0.493 e. The maximum atomic E-state index is 12.4. The Labute approximate surface area is 198 Å². The van der Waals surface area contributed by atoms with Crippen LogP contribution < -0.4 is 19.6 Å². The molecule has 172 valence electrons. The highest BCUT2D eigenvalue weighted by Crippen LogP contribution is 2.28. The zero-order chi connectivity index (χ0) is 23.8. The van der Waals surface area contributed by atoms with Crippen LogP contribution in [0.15, 0.2) is 90.0 Å². The van der Waals surface area contributed by atoms with Crippen molar-refractivity contribution in [1.29, 1.82) is 0 Å². The van der Waals surface area contributed by atoms with E-state index in [4.69, 9.17) is 14.2 Å². The van der Waals surface area contributed by atoms with Crippen LogP contribution in [0.4, 0.5) is 0 Å². The Morgan fingerprint density at radius 2 is 1.71 bits per heavy atom. The molecule has 4 aromatic carbocycles. The number of fused-ring (bicyclic) bond motifs is 1. The normalized spacial score (nSPS) is 10.9. The van der Waals surface area contributed by atoms with Gasteiger partial charge in [0.05, 0.1) is 19.9 Å². The lowest BCUT2D eigenvalue weighted by atomic mass is 10.1. The minimum absolute atomic E-state index is 0.338. The number of amides is 1. The number of nitrogens with zero attached hydrogens (tertiary/aromatic N) is 1. The van der Waals surface area contributed by atoms with E-state index in [2.05, 4.69) is 34.8 Å². The Balaban J connectivity index is 1.34. The molecule has 0 aromatic heterocycles. The summed E-state index contributed by atoms with van der Waals surface area (Å²) in [4.78, 5) is 12.4. The molecule has 4 aromatic rings. The van der Waals surface area contributed by atoms with Gasteiger partial charge in [0.15, 0.2) is 11.5 Å². The third kappa shape index (κ3) is 5.53. The smallest absolute Gasteiger partial charge is 0.271 e. The van der Waals surface area contributed by atoms with Gasteiger partial charge in [0, 0.05) is 5.56 Å². The van der Waals surface area contributed by atoms with Crippen LogP contribution in [-0.2, 0) is 6.61 Å². The first kappa shape index (κ1) is 22.9. The molecule has 0 radical (unpaired) electrons. The topological polar surface area (TPSA) is 69.2 Å². The SMILES string of the molecule is CCOc1cc(C(=O)N/N=C/c2ccc(OCc3cccc4ccccc34)cc2)ccc1OC. The molecule has 0 spiro atoms. The van der Waals surface area contributed by atoms with Crippen molar-refractivity contribution >= 4 is 22.9 Å². The predicted molar refractivity (Wildman–Crippen MR) is 134 cm³/mol. The third-order valence-corrected chi connectivity index (χ3v) is 5.26. The Morgan fingerprint density at radius 1 is 0.912 bits per heavy atom. The lowest BCUT2D eigenvalue weighted by Gasteiger charge is -2.10. The van der Waals surface area contributed by atoms with E-state index in [9.17, 15) is 4.79 Å². The summed E-state index contributed by atoms with van der Waals surface area (Å²) in [6.45, 7) is 2.83. The van der Waals surface area contributed by atoms with Crippen molar-refractivity contribution in [2.75, 3.05) is 13.7 Å². The lowest BCUT2D eigenvalue weighted by Crippen LogP contribution is -2.17. The van der Waals surface area contributed by atoms with Crippen LogP contribution in [-0.4, -0.2) is 25.8 Å². The van der Waals surface area contributed by atoms with Crippen molar-refractivity contribution in [2.45, 2.75) is 13.5 Å². The molecule has 0 unspecified atom stereocenters. The van der Waals surface area contributed by atoms with Crippen molar-refractivity contribution in [2.24, 2.45) is 5.10 Å². The summed E-state index contributed by atoms with van der Waals surface area (Å²) in [5.41, 5.74) is 4.94. The third-order valence-electron chi connectivity index (χ3n) is 5.26. The van der Waals surface area contributed by atoms with Crippen molar-refractivity contribution in [3.05, 3.63) is 102 Å². The van der Waals surface area contributed by atoms with Crippen LogP contribution in [0.1, 0.15) is 28.4 Å². The fourth-order valence-corrected chi connectivity index (χ4v) is 3.55. The second kappa shape index (κ2) is 11.0. The van der Waals surface area contributed by atoms with Crippen LogP contribution in [0, 0.1) is 0 Å². The quantitative estimate of drug-likeness (QED) is 0.264. The molecule has 6 nitrogen and oxygen atoms in total. The summed E-state index contributed by atoms with van der Waals surface area (Å²) in [7, 11) is 1.56. The van der Waals surface area contributed by atoms with Gasteiger partial charge in [0.2, 0.25) is 0 Å². The summed E-state index contributed by atoms with van der Waals surface area (Å²) in [6.07, 6.45) is 1.58. The van der Waals surface area contributed by atoms with Crippen molar-refractivity contribution in [1.82, 2.24) is 5.43 Å². The van der Waals surface area contributed by atoms with E-state index in [0.717, 1.165) is 16.9 Å². The molecule has 0 aliphatic heterocycles. The number of rotatable bonds is 9. The highest BCUT2D eigenvalue weighted by atomic mass is 16.5. The maximum Gasteiger partial charge on any atom is 0.271 e. The second-order valence-electron chi connectivity index (χ2n) is 7.49. The average Bonchev–Trinajstić information content (AvgIpc) is 2.88. The van der Waals surface area contributed by atoms with Gasteiger partial charge in [0.1, 0.15) is 12.4 Å². The van der Waals surface area contributed by atoms with Crippen LogP contribution in [0.5, 0.6) is 17.2 Å². The number of benzene rings is 4. The number of carbonyl (C=O) groups excluding carboxylic acids is 1. The first-order chi connectivity index (χ1) is 16.7. The predicted octanol–water partition coefficient (Wildman–Crippen LogP) is 5.59. The van der Waals surface area contributed by atoms with Gasteiger partial charge in [-0.15, -0.1) is 0 Å². The molecule has 0 aliphatic rings. The van der Waals surface area contributed by atoms with Gasteiger partial charge in [-0.05, 0) is 71.3 Å². The van der Waals surface area contributed by atoms with Crippen LogP contribution in [0.25, 0.3) is 10.8 Å². The first-order valence-corrected chi connectivity index (χ1v) is 11.0. The van der Waals surface area contributed by atoms with Crippen molar-refractivity contribution < 1.29 is 19.0 Å². The molecule has 1 amide bonds. The zero-order valence-electron chi connectivity index (χ0n) is 19.2. The summed E-state index contributed by atoms with van der Waals surface area (Å²) in [5, 5.41) is 6.44. The van der Waals surface area contributed by atoms with Gasteiger partial charge < -0.3 is 14.2 Å². The Kier molecular flexibility index (Phi) is 7.40. The van der Waals surface area contributed by atoms with Gasteiger partial charge in [-0.1, -0.05) is 42.5 Å². The monoisotopic (exact) mass is 454 g/mol. The Morgan fingerprint density at radius 3 is 2.50 bits per heavy atom. The van der Waals surface area contributed by atoms with E-state index < -0.39 is 0 Å². The summed E-state index contributed by atoms with van der Waals surface area (Å²) in [6, 6.07) is 27.0. The summed E-state index contributed by atoms with van der Waals surface area (Å²) < 4.78 is 16.7. The molecular weight excluding hydrogens is 428 g/mol. The molecule has 0 saturated heterocycles. The number of hydrazone groups is 1. The summed E-state index contributed by atoms with van der Waals surface area (Å²) in [5.74, 6) is 1.51. The molecule has 0 aliphatic carbocycles. The molecule has 0 fully saturated rings.